The first-order valence-corrected chi connectivity index (χ1v) is 9.14. The first-order chi connectivity index (χ1) is 12.4. The zero-order valence-electron chi connectivity index (χ0n) is 13.5. The number of ether oxygens (including phenoxy) is 1. The number of hydrogen-bond acceptors (Lipinski definition) is 4. The summed E-state index contributed by atoms with van der Waals surface area (Å²) >= 11 is 6.63. The summed E-state index contributed by atoms with van der Waals surface area (Å²) in [5.41, 5.74) is 1.54. The van der Waals surface area contributed by atoms with E-state index in [9.17, 15) is 14.7 Å². The molecule has 0 spiro atoms. The molecular weight excluding hydrogens is 468 g/mol. The van der Waals surface area contributed by atoms with E-state index in [2.05, 4.69) is 42.5 Å². The number of amides is 2. The molecule has 0 aromatic heterocycles. The van der Waals surface area contributed by atoms with Gasteiger partial charge >= 0.3 is 12.0 Å². The highest BCUT2D eigenvalue weighted by Crippen LogP contribution is 2.40. The van der Waals surface area contributed by atoms with Gasteiger partial charge in [-0.15, -0.1) is 0 Å². The number of benzene rings is 2. The van der Waals surface area contributed by atoms with Gasteiger partial charge in [-0.2, -0.15) is 0 Å². The molecule has 3 rings (SSSR count). The number of urea groups is 1. The van der Waals surface area contributed by atoms with Crippen LogP contribution in [0, 0.1) is 0 Å². The Morgan fingerprint density at radius 3 is 2.54 bits per heavy atom. The van der Waals surface area contributed by atoms with Crippen molar-refractivity contribution >= 4 is 49.6 Å². The van der Waals surface area contributed by atoms with Crippen molar-refractivity contribution in [3.8, 4) is 5.75 Å². The van der Waals surface area contributed by atoms with E-state index in [1.54, 1.807) is 36.4 Å². The minimum atomic E-state index is -0.889. The maximum Gasteiger partial charge on any atom is 0.338 e. The Hall–Kier alpha value is -2.32. The van der Waals surface area contributed by atoms with Crippen LogP contribution in [0.3, 0.4) is 0 Å². The van der Waals surface area contributed by atoms with Gasteiger partial charge in [-0.25, -0.2) is 9.59 Å². The van der Waals surface area contributed by atoms with Gasteiger partial charge in [-0.1, -0.05) is 46.3 Å². The van der Waals surface area contributed by atoms with Crippen LogP contribution in [0.2, 0.25) is 0 Å². The number of halogens is 2. The van der Waals surface area contributed by atoms with Gasteiger partial charge in [0.15, 0.2) is 0 Å². The lowest BCUT2D eigenvalue weighted by Gasteiger charge is -2.30. The number of hydrogen-bond donors (Lipinski definition) is 3. The monoisotopic (exact) mass is 480 g/mol. The molecule has 2 aromatic carbocycles. The number of phenolic OH excluding ortho intramolecular Hbond substituents is 1. The number of carbonyl (C=O) groups excluding carboxylic acids is 2. The third kappa shape index (κ3) is 3.47. The van der Waals surface area contributed by atoms with E-state index in [1.165, 1.54) is 7.11 Å². The van der Waals surface area contributed by atoms with Gasteiger partial charge in [-0.3, -0.25) is 0 Å². The Morgan fingerprint density at radius 1 is 1.19 bits per heavy atom. The van der Waals surface area contributed by atoms with Crippen molar-refractivity contribution in [2.45, 2.75) is 6.04 Å². The number of phenols is 1. The van der Waals surface area contributed by atoms with Crippen LogP contribution in [0.5, 0.6) is 5.75 Å². The van der Waals surface area contributed by atoms with E-state index in [-0.39, 0.29) is 11.3 Å². The molecule has 1 aliphatic heterocycles. The van der Waals surface area contributed by atoms with E-state index >= 15 is 0 Å². The van der Waals surface area contributed by atoms with E-state index in [0.29, 0.717) is 25.8 Å². The molecule has 0 saturated heterocycles. The fraction of sp³-hybridized carbons (Fsp3) is 0.111. The fourth-order valence-electron chi connectivity index (χ4n) is 2.77. The summed E-state index contributed by atoms with van der Waals surface area (Å²) in [7, 11) is 1.27. The van der Waals surface area contributed by atoms with Crippen molar-refractivity contribution < 1.29 is 19.4 Å². The third-order valence-corrected chi connectivity index (χ3v) is 4.97. The van der Waals surface area contributed by atoms with Crippen molar-refractivity contribution in [2.24, 2.45) is 0 Å². The standard InChI is InChI=1S/C18H14Br2N2O4/c1-26-17(24)13-14(9-5-3-2-4-6-9)21-18(25)22-15(13)11-7-10(19)8-12(20)16(11)23/h2-8,15,23H,1H3,(H2,21,22,25). The Kier molecular flexibility index (Phi) is 5.33. The molecule has 0 bridgehead atoms. The van der Waals surface area contributed by atoms with Crippen LogP contribution in [-0.4, -0.2) is 24.2 Å². The minimum absolute atomic E-state index is 0.0748. The van der Waals surface area contributed by atoms with E-state index in [4.69, 9.17) is 4.74 Å². The minimum Gasteiger partial charge on any atom is -0.506 e. The number of rotatable bonds is 3. The van der Waals surface area contributed by atoms with Crippen LogP contribution < -0.4 is 10.6 Å². The molecule has 134 valence electrons. The number of carbonyl (C=O) groups is 2. The van der Waals surface area contributed by atoms with Crippen molar-refractivity contribution in [2.75, 3.05) is 7.11 Å². The second-order valence-corrected chi connectivity index (χ2v) is 7.27. The van der Waals surface area contributed by atoms with Gasteiger partial charge in [0.25, 0.3) is 0 Å². The Bertz CT molecular complexity index is 913. The van der Waals surface area contributed by atoms with Crippen molar-refractivity contribution in [3.63, 3.8) is 0 Å². The van der Waals surface area contributed by atoms with E-state index in [0.717, 1.165) is 0 Å². The molecule has 0 saturated carbocycles. The second kappa shape index (κ2) is 7.51. The molecule has 1 heterocycles. The molecule has 0 radical (unpaired) electrons. The van der Waals surface area contributed by atoms with E-state index < -0.39 is 18.0 Å². The van der Waals surface area contributed by atoms with Crippen LogP contribution >= 0.6 is 31.9 Å². The van der Waals surface area contributed by atoms with Gasteiger partial charge in [0.1, 0.15) is 5.75 Å². The number of esters is 1. The van der Waals surface area contributed by atoms with Crippen molar-refractivity contribution in [1.82, 2.24) is 10.6 Å². The Labute approximate surface area is 166 Å². The SMILES string of the molecule is COC(=O)C1=C(c2ccccc2)NC(=O)NC1c1cc(Br)cc(Br)c1O. The lowest BCUT2D eigenvalue weighted by atomic mass is 9.92. The average molecular weight is 482 g/mol. The summed E-state index contributed by atoms with van der Waals surface area (Å²) in [5.74, 6) is -0.689. The highest BCUT2D eigenvalue weighted by Gasteiger charge is 2.36. The zero-order valence-corrected chi connectivity index (χ0v) is 16.7. The van der Waals surface area contributed by atoms with E-state index in [1.807, 2.05) is 6.07 Å². The quantitative estimate of drug-likeness (QED) is 0.581. The summed E-state index contributed by atoms with van der Waals surface area (Å²) < 4.78 is 6.04. The molecule has 6 nitrogen and oxygen atoms in total. The molecule has 1 unspecified atom stereocenters. The van der Waals surface area contributed by atoms with Crippen molar-refractivity contribution in [1.29, 1.82) is 0 Å². The summed E-state index contributed by atoms with van der Waals surface area (Å²) in [6.07, 6.45) is 0. The smallest absolute Gasteiger partial charge is 0.338 e. The van der Waals surface area contributed by atoms with Gasteiger partial charge in [0.05, 0.1) is 28.9 Å². The summed E-state index contributed by atoms with van der Waals surface area (Å²) in [5, 5.41) is 15.8. The van der Waals surface area contributed by atoms with Gasteiger partial charge in [-0.05, 0) is 33.6 Å². The van der Waals surface area contributed by atoms with Crippen LogP contribution in [0.1, 0.15) is 17.2 Å². The topological polar surface area (TPSA) is 87.7 Å². The molecule has 2 amide bonds. The first-order valence-electron chi connectivity index (χ1n) is 7.55. The molecule has 0 aliphatic carbocycles. The van der Waals surface area contributed by atoms with Gasteiger partial charge < -0.3 is 20.5 Å². The lowest BCUT2D eigenvalue weighted by molar-refractivity contribution is -0.136. The summed E-state index contributed by atoms with van der Waals surface area (Å²) in [6.45, 7) is 0. The lowest BCUT2D eigenvalue weighted by Crippen LogP contribution is -2.45. The molecule has 8 heteroatoms. The maximum absolute atomic E-state index is 12.5. The highest BCUT2D eigenvalue weighted by atomic mass is 79.9. The van der Waals surface area contributed by atoms with Gasteiger partial charge in [0, 0.05) is 10.0 Å². The molecule has 1 aliphatic rings. The molecule has 3 N–H and O–H groups in total. The fourth-order valence-corrected chi connectivity index (χ4v) is 4.02. The molecule has 1 atom stereocenters. The molecular formula is C18H14Br2N2O4. The van der Waals surface area contributed by atoms with Crippen LogP contribution in [0.25, 0.3) is 5.70 Å². The van der Waals surface area contributed by atoms with Crippen molar-refractivity contribution in [3.05, 3.63) is 68.1 Å². The maximum atomic E-state index is 12.5. The predicted molar refractivity (Wildman–Crippen MR) is 103 cm³/mol. The molecule has 26 heavy (non-hydrogen) atoms. The van der Waals surface area contributed by atoms with Crippen LogP contribution in [0.4, 0.5) is 4.79 Å². The first kappa shape index (κ1) is 18.5. The largest absolute Gasteiger partial charge is 0.506 e. The highest BCUT2D eigenvalue weighted by molar-refractivity contribution is 9.11. The number of nitrogens with one attached hydrogen (secondary N) is 2. The van der Waals surface area contributed by atoms with Crippen LogP contribution in [0.15, 0.2) is 57.0 Å². The number of methoxy groups -OCH3 is 1. The summed E-state index contributed by atoms with van der Waals surface area (Å²) in [4.78, 5) is 24.8. The average Bonchev–Trinajstić information content (AvgIpc) is 2.64. The Balaban J connectivity index is 2.26. The predicted octanol–water partition coefficient (Wildman–Crippen LogP) is 3.86. The summed E-state index contributed by atoms with van der Waals surface area (Å²) in [6, 6.07) is 10.9. The molecule has 2 aromatic rings. The van der Waals surface area contributed by atoms with Crippen LogP contribution in [-0.2, 0) is 9.53 Å². The molecule has 0 fully saturated rings. The van der Waals surface area contributed by atoms with Gasteiger partial charge in [0.2, 0.25) is 0 Å². The Morgan fingerprint density at radius 2 is 1.88 bits per heavy atom. The second-order valence-electron chi connectivity index (χ2n) is 5.50. The number of aromatic hydroxyl groups is 1. The third-order valence-electron chi connectivity index (χ3n) is 3.91. The normalized spacial score (nSPS) is 16.7. The zero-order chi connectivity index (χ0) is 18.8.